The molecule has 1 aliphatic rings. The topological polar surface area (TPSA) is 101 Å². The third kappa shape index (κ3) is 1.47. The summed E-state index contributed by atoms with van der Waals surface area (Å²) in [5.74, 6) is 0. The Labute approximate surface area is 71.2 Å². The summed E-state index contributed by atoms with van der Waals surface area (Å²) in [7, 11) is -4.07. The van der Waals surface area contributed by atoms with E-state index in [0.717, 1.165) is 6.42 Å². The maximum Gasteiger partial charge on any atom is 0.241 e. The highest BCUT2D eigenvalue weighted by atomic mass is 32.2. The lowest BCUT2D eigenvalue weighted by atomic mass is 9.94. The molecule has 0 aromatic rings. The van der Waals surface area contributed by atoms with Gasteiger partial charge in [0.2, 0.25) is 15.0 Å². The molecule has 0 heterocycles. The highest BCUT2D eigenvalue weighted by Gasteiger charge is 2.47. The van der Waals surface area contributed by atoms with Crippen LogP contribution in [0.3, 0.4) is 0 Å². The number of primary sulfonamides is 1. The second-order valence-corrected chi connectivity index (χ2v) is 4.95. The van der Waals surface area contributed by atoms with Crippen LogP contribution in [0, 0.1) is 0 Å². The maximum atomic E-state index is 10.9. The number of hydrogen-bond donors (Lipinski definition) is 3. The van der Waals surface area contributed by atoms with Crippen LogP contribution in [-0.2, 0) is 10.0 Å². The fraction of sp³-hybridized carbons (Fsp3) is 1.00. The van der Waals surface area contributed by atoms with Gasteiger partial charge in [-0.05, 0) is 19.3 Å². The van der Waals surface area contributed by atoms with Crippen molar-refractivity contribution in [2.45, 2.75) is 36.7 Å². The van der Waals surface area contributed by atoms with Crippen LogP contribution in [0.15, 0.2) is 0 Å². The number of nitrogens with two attached hydrogens (primary N) is 1. The van der Waals surface area contributed by atoms with Crippen molar-refractivity contribution in [3.05, 3.63) is 0 Å². The molecule has 0 aromatic carbocycles. The number of hydrogen-bond acceptors (Lipinski definition) is 4. The first kappa shape index (κ1) is 9.91. The van der Waals surface area contributed by atoms with Crippen LogP contribution >= 0.6 is 0 Å². The number of aliphatic hydroxyl groups is 2. The number of aliphatic hydroxyl groups excluding tert-OH is 1. The van der Waals surface area contributed by atoms with Gasteiger partial charge in [0.25, 0.3) is 0 Å². The van der Waals surface area contributed by atoms with Crippen molar-refractivity contribution >= 4 is 10.0 Å². The maximum absolute atomic E-state index is 10.9. The third-order valence-electron chi connectivity index (χ3n) is 2.28. The molecule has 0 bridgehead atoms. The minimum absolute atomic E-state index is 0.0208. The molecule has 1 rings (SSSR count). The Bertz CT molecular complexity index is 263. The Morgan fingerprint density at radius 1 is 1.42 bits per heavy atom. The van der Waals surface area contributed by atoms with Gasteiger partial charge in [-0.15, -0.1) is 0 Å². The predicted octanol–water partition coefficient (Wildman–Crippen LogP) is -1.10. The zero-order valence-electron chi connectivity index (χ0n) is 6.60. The van der Waals surface area contributed by atoms with E-state index in [9.17, 15) is 18.6 Å². The van der Waals surface area contributed by atoms with Crippen LogP contribution in [0.1, 0.15) is 25.7 Å². The molecule has 0 aromatic heterocycles. The molecule has 2 unspecified atom stereocenters. The predicted molar refractivity (Wildman–Crippen MR) is 42.5 cm³/mol. The summed E-state index contributed by atoms with van der Waals surface area (Å²) in [5.41, 5.74) is 0. The summed E-state index contributed by atoms with van der Waals surface area (Å²) >= 11 is 0. The smallest absolute Gasteiger partial charge is 0.241 e. The van der Waals surface area contributed by atoms with E-state index < -0.39 is 21.1 Å². The molecule has 6 heteroatoms. The van der Waals surface area contributed by atoms with Gasteiger partial charge in [-0.1, -0.05) is 6.42 Å². The summed E-state index contributed by atoms with van der Waals surface area (Å²) in [6.07, 6.45) is 0.351. The van der Waals surface area contributed by atoms with E-state index in [2.05, 4.69) is 0 Å². The lowest BCUT2D eigenvalue weighted by Gasteiger charge is -2.34. The molecule has 2 atom stereocenters. The van der Waals surface area contributed by atoms with Crippen molar-refractivity contribution in [1.29, 1.82) is 0 Å². The quantitative estimate of drug-likeness (QED) is 0.494. The van der Waals surface area contributed by atoms with Crippen LogP contribution in [0.2, 0.25) is 0 Å². The molecule has 1 fully saturated rings. The monoisotopic (exact) mass is 195 g/mol. The molecule has 0 saturated heterocycles. The molecule has 5 nitrogen and oxygen atoms in total. The van der Waals surface area contributed by atoms with Crippen molar-refractivity contribution in [1.82, 2.24) is 0 Å². The highest BCUT2D eigenvalue weighted by molar-refractivity contribution is 7.90. The Hall–Kier alpha value is -0.170. The van der Waals surface area contributed by atoms with E-state index in [-0.39, 0.29) is 12.8 Å². The normalized spacial score (nSPS) is 38.1. The fourth-order valence-corrected chi connectivity index (χ4v) is 2.37. The van der Waals surface area contributed by atoms with Gasteiger partial charge in [0, 0.05) is 0 Å². The molecular weight excluding hydrogens is 182 g/mol. The van der Waals surface area contributed by atoms with E-state index in [4.69, 9.17) is 5.14 Å². The van der Waals surface area contributed by atoms with Crippen molar-refractivity contribution in [3.8, 4) is 0 Å². The molecule has 4 N–H and O–H groups in total. The van der Waals surface area contributed by atoms with Crippen molar-refractivity contribution < 1.29 is 18.6 Å². The molecule has 0 radical (unpaired) electrons. The van der Waals surface area contributed by atoms with E-state index in [1.54, 1.807) is 0 Å². The van der Waals surface area contributed by atoms with Crippen LogP contribution in [0.25, 0.3) is 0 Å². The van der Waals surface area contributed by atoms with Gasteiger partial charge in [0.05, 0.1) is 6.10 Å². The Morgan fingerprint density at radius 2 is 2.00 bits per heavy atom. The van der Waals surface area contributed by atoms with Gasteiger partial charge in [0.1, 0.15) is 0 Å². The molecule has 1 saturated carbocycles. The fourth-order valence-electron chi connectivity index (χ4n) is 1.44. The van der Waals surface area contributed by atoms with Gasteiger partial charge in [-0.3, -0.25) is 0 Å². The van der Waals surface area contributed by atoms with Gasteiger partial charge in [-0.25, -0.2) is 13.6 Å². The average Bonchev–Trinajstić information content (AvgIpc) is 1.93. The molecule has 1 aliphatic carbocycles. The summed E-state index contributed by atoms with van der Waals surface area (Å²) in [4.78, 5) is -2.12. The van der Waals surface area contributed by atoms with Crippen LogP contribution in [0.4, 0.5) is 0 Å². The zero-order valence-corrected chi connectivity index (χ0v) is 7.42. The lowest BCUT2D eigenvalue weighted by Crippen LogP contribution is -2.54. The summed E-state index contributed by atoms with van der Waals surface area (Å²) in [6.45, 7) is 0. The standard InChI is InChI=1S/C6H13NO4S/c7-12(10,11)6(9)4-2-1-3-5(6)8/h5,8-9H,1-4H2,(H2,7,10,11). The van der Waals surface area contributed by atoms with E-state index in [0.29, 0.717) is 6.42 Å². The van der Waals surface area contributed by atoms with Crippen molar-refractivity contribution in [3.63, 3.8) is 0 Å². The molecule has 0 amide bonds. The van der Waals surface area contributed by atoms with Crippen LogP contribution < -0.4 is 5.14 Å². The minimum Gasteiger partial charge on any atom is -0.389 e. The largest absolute Gasteiger partial charge is 0.389 e. The summed E-state index contributed by atoms with van der Waals surface area (Å²) in [5, 5.41) is 23.6. The Morgan fingerprint density at radius 3 is 2.33 bits per heavy atom. The first-order valence-electron chi connectivity index (χ1n) is 3.81. The zero-order chi connectivity index (χ0) is 9.41. The number of rotatable bonds is 1. The van der Waals surface area contributed by atoms with Gasteiger partial charge in [0.15, 0.2) is 0 Å². The summed E-state index contributed by atoms with van der Waals surface area (Å²) < 4.78 is 21.8. The van der Waals surface area contributed by atoms with Gasteiger partial charge >= 0.3 is 0 Å². The average molecular weight is 195 g/mol. The molecule has 12 heavy (non-hydrogen) atoms. The van der Waals surface area contributed by atoms with Crippen molar-refractivity contribution in [2.75, 3.05) is 0 Å². The highest BCUT2D eigenvalue weighted by Crippen LogP contribution is 2.31. The van der Waals surface area contributed by atoms with E-state index in [1.807, 2.05) is 0 Å². The van der Waals surface area contributed by atoms with Crippen LogP contribution in [-0.4, -0.2) is 29.7 Å². The molecular formula is C6H13NO4S. The van der Waals surface area contributed by atoms with Gasteiger partial charge in [-0.2, -0.15) is 0 Å². The SMILES string of the molecule is NS(=O)(=O)C1(O)CCCCC1O. The van der Waals surface area contributed by atoms with Crippen LogP contribution in [0.5, 0.6) is 0 Å². The Kier molecular flexibility index (Phi) is 2.44. The molecule has 72 valence electrons. The first-order chi connectivity index (χ1) is 5.38. The number of sulfonamides is 1. The Balaban J connectivity index is 2.95. The van der Waals surface area contributed by atoms with Crippen molar-refractivity contribution in [2.24, 2.45) is 5.14 Å². The summed E-state index contributed by atoms with van der Waals surface area (Å²) in [6, 6.07) is 0. The lowest BCUT2D eigenvalue weighted by molar-refractivity contribution is -0.0410. The van der Waals surface area contributed by atoms with E-state index in [1.165, 1.54) is 0 Å². The molecule has 0 spiro atoms. The minimum atomic E-state index is -4.07. The first-order valence-corrected chi connectivity index (χ1v) is 5.35. The van der Waals surface area contributed by atoms with Gasteiger partial charge < -0.3 is 10.2 Å². The van der Waals surface area contributed by atoms with E-state index >= 15 is 0 Å². The second-order valence-electron chi connectivity index (χ2n) is 3.15. The second kappa shape index (κ2) is 2.95. The molecule has 0 aliphatic heterocycles. The third-order valence-corrected chi connectivity index (χ3v) is 3.74.